The average Bonchev–Trinajstić information content (AvgIpc) is 2.73. The number of hydrogen-bond acceptors (Lipinski definition) is 3. The highest BCUT2D eigenvalue weighted by atomic mass is 35.5. The van der Waals surface area contributed by atoms with Crippen molar-refractivity contribution in [3.8, 4) is 11.5 Å². The number of phenols is 1. The van der Waals surface area contributed by atoms with Crippen LogP contribution in [-0.4, -0.2) is 14.5 Å². The second kappa shape index (κ2) is 5.06. The molecule has 1 aromatic carbocycles. The lowest BCUT2D eigenvalue weighted by atomic mass is 10.2. The molecule has 0 atom stereocenters. The molecule has 3 rings (SSSR count). The number of hydrogen-bond donors (Lipinski definition) is 1. The highest BCUT2D eigenvalue weighted by molar-refractivity contribution is 6.28. The molecule has 2 aromatic heterocycles. The van der Waals surface area contributed by atoms with Crippen LogP contribution in [0.5, 0.6) is 11.5 Å². The predicted molar refractivity (Wildman–Crippen MR) is 77.4 cm³/mol. The summed E-state index contributed by atoms with van der Waals surface area (Å²) in [5, 5.41) is 9.81. The molecule has 0 unspecified atom stereocenters. The van der Waals surface area contributed by atoms with E-state index in [0.29, 0.717) is 17.6 Å². The molecule has 0 saturated carbocycles. The summed E-state index contributed by atoms with van der Waals surface area (Å²) in [6.07, 6.45) is 1.89. The molecule has 0 aliphatic rings. The average molecular weight is 289 g/mol. The van der Waals surface area contributed by atoms with Crippen LogP contribution in [0.1, 0.15) is 11.3 Å². The number of aromatic nitrogens is 2. The zero-order valence-corrected chi connectivity index (χ0v) is 11.6. The normalized spacial score (nSPS) is 10.9. The first-order valence-corrected chi connectivity index (χ1v) is 6.56. The van der Waals surface area contributed by atoms with Crippen molar-refractivity contribution in [1.29, 1.82) is 0 Å². The number of phenolic OH excluding ortho intramolecular Hbond substituents is 1. The van der Waals surface area contributed by atoms with Crippen LogP contribution in [0.25, 0.3) is 5.52 Å². The van der Waals surface area contributed by atoms with E-state index in [1.54, 1.807) is 24.3 Å². The number of benzene rings is 1. The van der Waals surface area contributed by atoms with Gasteiger partial charge in [-0.15, -0.1) is 0 Å². The topological polar surface area (TPSA) is 46.8 Å². The van der Waals surface area contributed by atoms with E-state index in [4.69, 9.17) is 16.3 Å². The van der Waals surface area contributed by atoms with Gasteiger partial charge in [-0.05, 0) is 48.4 Å². The first-order chi connectivity index (χ1) is 9.63. The Bertz CT molecular complexity index is 768. The summed E-state index contributed by atoms with van der Waals surface area (Å²) >= 11 is 6.09. The molecule has 4 nitrogen and oxygen atoms in total. The first-order valence-electron chi connectivity index (χ1n) is 6.18. The van der Waals surface area contributed by atoms with E-state index in [0.717, 1.165) is 16.8 Å². The van der Waals surface area contributed by atoms with Crippen molar-refractivity contribution in [2.24, 2.45) is 0 Å². The maximum absolute atomic E-state index is 9.40. The number of rotatable bonds is 3. The molecule has 0 saturated heterocycles. The van der Waals surface area contributed by atoms with Crippen molar-refractivity contribution in [2.75, 3.05) is 0 Å². The Morgan fingerprint density at radius 2 is 2.15 bits per heavy atom. The van der Waals surface area contributed by atoms with Gasteiger partial charge in [-0.3, -0.25) is 4.40 Å². The van der Waals surface area contributed by atoms with Crippen LogP contribution >= 0.6 is 11.6 Å². The van der Waals surface area contributed by atoms with Gasteiger partial charge in [0.05, 0.1) is 5.52 Å². The molecule has 0 amide bonds. The van der Waals surface area contributed by atoms with Gasteiger partial charge in [0.2, 0.25) is 5.28 Å². The monoisotopic (exact) mass is 288 g/mol. The number of halogens is 1. The summed E-state index contributed by atoms with van der Waals surface area (Å²) in [7, 11) is 0. The van der Waals surface area contributed by atoms with Crippen molar-refractivity contribution in [3.05, 3.63) is 59.1 Å². The van der Waals surface area contributed by atoms with Crippen molar-refractivity contribution in [2.45, 2.75) is 13.5 Å². The van der Waals surface area contributed by atoms with Gasteiger partial charge < -0.3 is 9.84 Å². The number of pyridine rings is 1. The lowest BCUT2D eigenvalue weighted by molar-refractivity contribution is 0.301. The van der Waals surface area contributed by atoms with Gasteiger partial charge in [0.1, 0.15) is 23.8 Å². The minimum Gasteiger partial charge on any atom is -0.508 e. The Balaban J connectivity index is 1.89. The molecule has 0 fully saturated rings. The second-order valence-corrected chi connectivity index (χ2v) is 4.91. The van der Waals surface area contributed by atoms with E-state index >= 15 is 0 Å². The van der Waals surface area contributed by atoms with Crippen LogP contribution in [0, 0.1) is 6.92 Å². The third-order valence-corrected chi connectivity index (χ3v) is 3.29. The lowest BCUT2D eigenvalue weighted by Crippen LogP contribution is -1.96. The van der Waals surface area contributed by atoms with Crippen LogP contribution in [0.15, 0.2) is 42.6 Å². The Morgan fingerprint density at radius 3 is 2.95 bits per heavy atom. The van der Waals surface area contributed by atoms with Gasteiger partial charge in [-0.2, -0.15) is 0 Å². The molecule has 0 aliphatic carbocycles. The summed E-state index contributed by atoms with van der Waals surface area (Å²) in [5.41, 5.74) is 2.82. The number of imidazole rings is 1. The zero-order valence-electron chi connectivity index (χ0n) is 10.9. The third-order valence-electron chi connectivity index (χ3n) is 3.03. The van der Waals surface area contributed by atoms with E-state index in [1.807, 2.05) is 29.7 Å². The maximum atomic E-state index is 9.40. The van der Waals surface area contributed by atoms with Crippen LogP contribution < -0.4 is 4.74 Å². The lowest BCUT2D eigenvalue weighted by Gasteiger charge is -2.05. The minimum atomic E-state index is 0.172. The van der Waals surface area contributed by atoms with Gasteiger partial charge in [0.25, 0.3) is 0 Å². The van der Waals surface area contributed by atoms with E-state index < -0.39 is 0 Å². The molecule has 0 bridgehead atoms. The van der Waals surface area contributed by atoms with Crippen molar-refractivity contribution in [3.63, 3.8) is 0 Å². The number of ether oxygens (including phenoxy) is 1. The molecular weight excluding hydrogens is 276 g/mol. The molecular formula is C15H13ClN2O2. The Morgan fingerprint density at radius 1 is 1.30 bits per heavy atom. The summed E-state index contributed by atoms with van der Waals surface area (Å²) in [6, 6.07) is 10.7. The van der Waals surface area contributed by atoms with E-state index in [2.05, 4.69) is 4.98 Å². The van der Waals surface area contributed by atoms with Crippen LogP contribution in [-0.2, 0) is 6.61 Å². The zero-order chi connectivity index (χ0) is 14.1. The molecule has 3 aromatic rings. The van der Waals surface area contributed by atoms with Gasteiger partial charge in [-0.25, -0.2) is 4.98 Å². The van der Waals surface area contributed by atoms with Crippen molar-refractivity contribution < 1.29 is 9.84 Å². The Labute approximate surface area is 121 Å². The number of aryl methyl sites for hydroxylation is 1. The van der Waals surface area contributed by atoms with E-state index in [-0.39, 0.29) is 5.75 Å². The fourth-order valence-electron chi connectivity index (χ4n) is 2.04. The van der Waals surface area contributed by atoms with Crippen molar-refractivity contribution in [1.82, 2.24) is 9.38 Å². The fraction of sp³-hybridized carbons (Fsp3) is 0.133. The molecule has 102 valence electrons. The minimum absolute atomic E-state index is 0.172. The summed E-state index contributed by atoms with van der Waals surface area (Å²) in [6.45, 7) is 2.31. The smallest absolute Gasteiger partial charge is 0.207 e. The van der Waals surface area contributed by atoms with Gasteiger partial charge in [0, 0.05) is 12.3 Å². The van der Waals surface area contributed by atoms with E-state index in [9.17, 15) is 5.11 Å². The highest BCUT2D eigenvalue weighted by Gasteiger charge is 2.10. The van der Waals surface area contributed by atoms with Gasteiger partial charge >= 0.3 is 0 Å². The third kappa shape index (κ3) is 2.42. The molecule has 5 heteroatoms. The molecule has 20 heavy (non-hydrogen) atoms. The fourth-order valence-corrected chi connectivity index (χ4v) is 2.29. The predicted octanol–water partition coefficient (Wildman–Crippen LogP) is 3.58. The van der Waals surface area contributed by atoms with Crippen LogP contribution in [0.2, 0.25) is 5.28 Å². The van der Waals surface area contributed by atoms with E-state index in [1.165, 1.54) is 0 Å². The standard InChI is InChI=1S/C15H13ClN2O2/c1-10-5-6-18-14(7-10)13(17-15(18)16)9-20-12-4-2-3-11(19)8-12/h2-8,19H,9H2,1H3. The number of fused-ring (bicyclic) bond motifs is 1. The Hall–Kier alpha value is -2.20. The number of aromatic hydroxyl groups is 1. The quantitative estimate of drug-likeness (QED) is 0.801. The van der Waals surface area contributed by atoms with Gasteiger partial charge in [-0.1, -0.05) is 6.07 Å². The molecule has 0 spiro atoms. The summed E-state index contributed by atoms with van der Waals surface area (Å²) in [5.74, 6) is 0.765. The van der Waals surface area contributed by atoms with Crippen molar-refractivity contribution >= 4 is 17.1 Å². The molecule has 0 aliphatic heterocycles. The largest absolute Gasteiger partial charge is 0.508 e. The Kier molecular flexibility index (Phi) is 3.24. The SMILES string of the molecule is Cc1ccn2c(Cl)nc(COc3cccc(O)c3)c2c1. The maximum Gasteiger partial charge on any atom is 0.207 e. The first kappa shape index (κ1) is 12.8. The summed E-state index contributed by atoms with van der Waals surface area (Å²) < 4.78 is 7.45. The van der Waals surface area contributed by atoms with Crippen LogP contribution in [0.3, 0.4) is 0 Å². The van der Waals surface area contributed by atoms with Crippen LogP contribution in [0.4, 0.5) is 0 Å². The summed E-state index contributed by atoms with van der Waals surface area (Å²) in [4.78, 5) is 4.31. The molecule has 1 N–H and O–H groups in total. The second-order valence-electron chi connectivity index (χ2n) is 4.57. The molecule has 0 radical (unpaired) electrons. The number of nitrogens with zero attached hydrogens (tertiary/aromatic N) is 2. The highest BCUT2D eigenvalue weighted by Crippen LogP contribution is 2.22. The van der Waals surface area contributed by atoms with Gasteiger partial charge in [0.15, 0.2) is 0 Å². The molecule has 2 heterocycles.